The number of amides is 1. The zero-order valence-electron chi connectivity index (χ0n) is 16.3. The maximum absolute atomic E-state index is 14.8. The molecule has 146 valence electrons. The van der Waals surface area contributed by atoms with Crippen LogP contribution >= 0.6 is 0 Å². The molecule has 0 aliphatic rings. The average Bonchev–Trinajstić information content (AvgIpc) is 3.15. The van der Waals surface area contributed by atoms with E-state index in [1.807, 2.05) is 37.5 Å². The van der Waals surface area contributed by atoms with Gasteiger partial charge in [0.25, 0.3) is 0 Å². The normalized spacial score (nSPS) is 11.2. The summed E-state index contributed by atoms with van der Waals surface area (Å²) in [5.41, 5.74) is 3.67. The Labute approximate surface area is 167 Å². The molecular weight excluding hydrogens is 369 g/mol. The van der Waals surface area contributed by atoms with Crippen LogP contribution in [0.5, 0.6) is 0 Å². The Balaban J connectivity index is 1.94. The predicted molar refractivity (Wildman–Crippen MR) is 111 cm³/mol. The molecule has 1 amide bonds. The van der Waals surface area contributed by atoms with E-state index < -0.39 is 5.82 Å². The third-order valence-electron chi connectivity index (χ3n) is 4.62. The number of carbonyl (C=O) groups is 1. The number of halogens is 1. The van der Waals surface area contributed by atoms with Crippen molar-refractivity contribution in [3.8, 4) is 22.5 Å². The molecule has 4 rings (SSSR count). The van der Waals surface area contributed by atoms with Crippen LogP contribution < -0.4 is 5.32 Å². The lowest BCUT2D eigenvalue weighted by Crippen LogP contribution is -2.18. The largest absolute Gasteiger partial charge is 0.323 e. The van der Waals surface area contributed by atoms with Gasteiger partial charge in [-0.25, -0.2) is 9.37 Å². The Morgan fingerprint density at radius 2 is 2.00 bits per heavy atom. The molecule has 0 spiro atoms. The lowest BCUT2D eigenvalue weighted by molar-refractivity contribution is -0.118. The zero-order valence-corrected chi connectivity index (χ0v) is 16.3. The van der Waals surface area contributed by atoms with Crippen molar-refractivity contribution in [3.63, 3.8) is 0 Å². The summed E-state index contributed by atoms with van der Waals surface area (Å²) in [6, 6.07) is 10.4. The number of carbonyl (C=O) groups excluding carboxylic acids is 1. The van der Waals surface area contributed by atoms with Crippen LogP contribution in [0.2, 0.25) is 0 Å². The number of hydrogen-bond acceptors (Lipinski definition) is 4. The van der Waals surface area contributed by atoms with Gasteiger partial charge < -0.3 is 5.32 Å². The quantitative estimate of drug-likeness (QED) is 0.560. The van der Waals surface area contributed by atoms with Crippen molar-refractivity contribution in [3.05, 3.63) is 60.8 Å². The Morgan fingerprint density at radius 3 is 2.66 bits per heavy atom. The molecule has 0 fully saturated rings. The highest BCUT2D eigenvalue weighted by molar-refractivity contribution is 6.00. The first kappa shape index (κ1) is 18.7. The number of nitrogens with zero attached hydrogens (tertiary/aromatic N) is 4. The van der Waals surface area contributed by atoms with E-state index in [1.165, 1.54) is 6.07 Å². The topological polar surface area (TPSA) is 72.7 Å². The monoisotopic (exact) mass is 389 g/mol. The summed E-state index contributed by atoms with van der Waals surface area (Å²) in [4.78, 5) is 21.2. The molecule has 0 saturated carbocycles. The smallest absolute Gasteiger partial charge is 0.227 e. The van der Waals surface area contributed by atoms with Gasteiger partial charge in [0.05, 0.1) is 28.8 Å². The highest BCUT2D eigenvalue weighted by atomic mass is 19.1. The number of anilines is 1. The van der Waals surface area contributed by atoms with Gasteiger partial charge in [-0.05, 0) is 30.3 Å². The molecule has 0 aliphatic heterocycles. The van der Waals surface area contributed by atoms with E-state index in [0.717, 1.165) is 11.1 Å². The second-order valence-electron chi connectivity index (χ2n) is 7.17. The van der Waals surface area contributed by atoms with Gasteiger partial charge in [-0.2, -0.15) is 5.10 Å². The minimum absolute atomic E-state index is 0.110. The molecule has 3 heterocycles. The molecule has 29 heavy (non-hydrogen) atoms. The van der Waals surface area contributed by atoms with Gasteiger partial charge in [-0.1, -0.05) is 19.9 Å². The number of aromatic nitrogens is 4. The first-order valence-corrected chi connectivity index (χ1v) is 9.28. The minimum Gasteiger partial charge on any atom is -0.323 e. The van der Waals surface area contributed by atoms with Crippen LogP contribution in [0.4, 0.5) is 10.1 Å². The first-order valence-electron chi connectivity index (χ1n) is 9.28. The predicted octanol–water partition coefficient (Wildman–Crippen LogP) is 4.43. The van der Waals surface area contributed by atoms with Crippen LogP contribution in [0.3, 0.4) is 0 Å². The fraction of sp³-hybridized carbons (Fsp3) is 0.182. The molecule has 0 saturated heterocycles. The fourth-order valence-electron chi connectivity index (χ4n) is 3.05. The molecular formula is C22H20FN5O. The summed E-state index contributed by atoms with van der Waals surface area (Å²) in [5, 5.41) is 7.47. The van der Waals surface area contributed by atoms with Crippen molar-refractivity contribution in [1.82, 2.24) is 19.7 Å². The summed E-state index contributed by atoms with van der Waals surface area (Å²) < 4.78 is 16.5. The lowest BCUT2D eigenvalue weighted by atomic mass is 10.0. The molecule has 1 N–H and O–H groups in total. The van der Waals surface area contributed by atoms with E-state index in [9.17, 15) is 9.18 Å². The Hall–Kier alpha value is -3.61. The second-order valence-corrected chi connectivity index (χ2v) is 7.17. The van der Waals surface area contributed by atoms with Crippen molar-refractivity contribution in [1.29, 1.82) is 0 Å². The van der Waals surface area contributed by atoms with Crippen LogP contribution in [0, 0.1) is 11.7 Å². The Morgan fingerprint density at radius 1 is 1.17 bits per heavy atom. The van der Waals surface area contributed by atoms with Gasteiger partial charge in [0.2, 0.25) is 5.91 Å². The third-order valence-corrected chi connectivity index (χ3v) is 4.62. The average molecular weight is 389 g/mol. The van der Waals surface area contributed by atoms with Crippen LogP contribution in [0.1, 0.15) is 13.8 Å². The maximum Gasteiger partial charge on any atom is 0.227 e. The van der Waals surface area contributed by atoms with E-state index >= 15 is 0 Å². The van der Waals surface area contributed by atoms with E-state index in [2.05, 4.69) is 15.4 Å². The maximum atomic E-state index is 14.8. The highest BCUT2D eigenvalue weighted by Gasteiger charge is 2.16. The number of hydrogen-bond donors (Lipinski definition) is 1. The van der Waals surface area contributed by atoms with Crippen molar-refractivity contribution >= 4 is 22.5 Å². The summed E-state index contributed by atoms with van der Waals surface area (Å²) >= 11 is 0. The molecule has 6 nitrogen and oxygen atoms in total. The number of nitrogens with one attached hydrogen (secondary N) is 1. The Bertz CT molecular complexity index is 1200. The number of rotatable bonds is 4. The van der Waals surface area contributed by atoms with Crippen LogP contribution in [-0.2, 0) is 11.8 Å². The summed E-state index contributed by atoms with van der Waals surface area (Å²) in [5.74, 6) is -1.03. The third kappa shape index (κ3) is 3.71. The molecule has 0 unspecified atom stereocenters. The van der Waals surface area contributed by atoms with Gasteiger partial charge in [0.15, 0.2) is 0 Å². The number of benzene rings is 1. The van der Waals surface area contributed by atoms with Crippen molar-refractivity contribution < 1.29 is 9.18 Å². The first-order chi connectivity index (χ1) is 13.9. The van der Waals surface area contributed by atoms with Gasteiger partial charge in [-0.3, -0.25) is 14.5 Å². The second kappa shape index (κ2) is 7.43. The molecule has 7 heteroatoms. The van der Waals surface area contributed by atoms with Gasteiger partial charge in [0.1, 0.15) is 5.82 Å². The molecule has 0 radical (unpaired) electrons. The van der Waals surface area contributed by atoms with Crippen LogP contribution in [-0.4, -0.2) is 25.7 Å². The van der Waals surface area contributed by atoms with Crippen molar-refractivity contribution in [2.75, 3.05) is 5.32 Å². The molecule has 0 bridgehead atoms. The zero-order chi connectivity index (χ0) is 20.5. The standard InChI is InChI=1S/C22H20FN5O/c1-13(2)22(29)27-21-10-20-15(8-17(21)23)16(18-6-4-5-7-24-18)9-19(26-20)14-11-25-28(3)12-14/h4-13H,1-3H3,(H,27,29). The van der Waals surface area contributed by atoms with Crippen LogP contribution in [0.15, 0.2) is 55.0 Å². The number of aryl methyl sites for hydroxylation is 1. The SMILES string of the molecule is CC(C)C(=O)Nc1cc2nc(-c3cnn(C)c3)cc(-c3ccccn3)c2cc1F. The van der Waals surface area contributed by atoms with Gasteiger partial charge in [0, 0.05) is 41.9 Å². The lowest BCUT2D eigenvalue weighted by Gasteiger charge is -2.13. The van der Waals surface area contributed by atoms with Gasteiger partial charge in [-0.15, -0.1) is 0 Å². The fourth-order valence-corrected chi connectivity index (χ4v) is 3.05. The summed E-state index contributed by atoms with van der Waals surface area (Å²) in [6.45, 7) is 3.51. The summed E-state index contributed by atoms with van der Waals surface area (Å²) in [7, 11) is 1.83. The van der Waals surface area contributed by atoms with Gasteiger partial charge >= 0.3 is 0 Å². The number of fused-ring (bicyclic) bond motifs is 1. The van der Waals surface area contributed by atoms with E-state index in [0.29, 0.717) is 22.3 Å². The van der Waals surface area contributed by atoms with Crippen LogP contribution in [0.25, 0.3) is 33.4 Å². The van der Waals surface area contributed by atoms with E-state index in [-0.39, 0.29) is 17.5 Å². The Kier molecular flexibility index (Phi) is 4.80. The minimum atomic E-state index is -0.514. The van der Waals surface area contributed by atoms with Crippen molar-refractivity contribution in [2.45, 2.75) is 13.8 Å². The van der Waals surface area contributed by atoms with E-state index in [4.69, 9.17) is 4.98 Å². The van der Waals surface area contributed by atoms with Crippen molar-refractivity contribution in [2.24, 2.45) is 13.0 Å². The summed E-state index contributed by atoms with van der Waals surface area (Å²) in [6.07, 6.45) is 5.28. The molecule has 0 aliphatic carbocycles. The highest BCUT2D eigenvalue weighted by Crippen LogP contribution is 2.33. The molecule has 0 atom stereocenters. The number of pyridine rings is 2. The molecule has 3 aromatic heterocycles. The van der Waals surface area contributed by atoms with E-state index in [1.54, 1.807) is 37.0 Å². The molecule has 4 aromatic rings. The molecule has 1 aromatic carbocycles.